The molecule has 0 aliphatic carbocycles. The first kappa shape index (κ1) is 16.7. The van der Waals surface area contributed by atoms with Crippen LogP contribution in [-0.2, 0) is 9.47 Å². The number of methoxy groups -OCH3 is 1. The Morgan fingerprint density at radius 1 is 1.44 bits per heavy atom. The van der Waals surface area contributed by atoms with Crippen LogP contribution in [0.15, 0.2) is 0 Å². The second kappa shape index (κ2) is 7.93. The lowest BCUT2D eigenvalue weighted by atomic mass is 10.00. The van der Waals surface area contributed by atoms with Gasteiger partial charge in [0.05, 0.1) is 6.07 Å². The molecule has 0 fully saturated rings. The van der Waals surface area contributed by atoms with Gasteiger partial charge in [-0.3, -0.25) is 0 Å². The van der Waals surface area contributed by atoms with Gasteiger partial charge in [-0.2, -0.15) is 5.26 Å². The average molecular weight is 256 g/mol. The standard InChI is InChI=1S/C13H24N2O3/c1-10(6-7-17-5)8-11(9-14)15-12(16)18-13(2,3)4/h10-11H,6-8H2,1-5H3,(H,15,16). The molecule has 2 atom stereocenters. The maximum atomic E-state index is 11.5. The van der Waals surface area contributed by atoms with Crippen LogP contribution in [0.2, 0.25) is 0 Å². The minimum Gasteiger partial charge on any atom is -0.444 e. The van der Waals surface area contributed by atoms with Crippen LogP contribution >= 0.6 is 0 Å². The smallest absolute Gasteiger partial charge is 0.408 e. The highest BCUT2D eigenvalue weighted by Crippen LogP contribution is 2.12. The van der Waals surface area contributed by atoms with Crippen LogP contribution in [-0.4, -0.2) is 31.5 Å². The van der Waals surface area contributed by atoms with Crippen LogP contribution < -0.4 is 5.32 Å². The highest BCUT2D eigenvalue weighted by Gasteiger charge is 2.20. The minimum atomic E-state index is -0.550. The molecule has 0 radical (unpaired) electrons. The molecule has 5 nitrogen and oxygen atoms in total. The first-order chi connectivity index (χ1) is 8.28. The summed E-state index contributed by atoms with van der Waals surface area (Å²) in [5.41, 5.74) is -0.550. The molecular weight excluding hydrogens is 232 g/mol. The van der Waals surface area contributed by atoms with Crippen molar-refractivity contribution in [1.29, 1.82) is 5.26 Å². The fourth-order valence-corrected chi connectivity index (χ4v) is 1.43. The number of nitriles is 1. The third-order valence-corrected chi connectivity index (χ3v) is 2.30. The Labute approximate surface area is 109 Å². The summed E-state index contributed by atoms with van der Waals surface area (Å²) in [6.07, 6.45) is 0.914. The van der Waals surface area contributed by atoms with Crippen molar-refractivity contribution in [3.05, 3.63) is 0 Å². The minimum absolute atomic E-state index is 0.310. The number of amides is 1. The van der Waals surface area contributed by atoms with Crippen molar-refractivity contribution in [1.82, 2.24) is 5.32 Å². The Kier molecular flexibility index (Phi) is 7.37. The summed E-state index contributed by atoms with van der Waals surface area (Å²) in [5.74, 6) is 0.310. The fraction of sp³-hybridized carbons (Fsp3) is 0.846. The van der Waals surface area contributed by atoms with Gasteiger partial charge in [0.25, 0.3) is 0 Å². The number of carbonyl (C=O) groups excluding carboxylic acids is 1. The molecule has 104 valence electrons. The number of nitrogens with zero attached hydrogens (tertiary/aromatic N) is 1. The molecule has 0 heterocycles. The van der Waals surface area contributed by atoms with Crippen molar-refractivity contribution >= 4 is 6.09 Å². The van der Waals surface area contributed by atoms with Crippen LogP contribution in [0, 0.1) is 17.2 Å². The van der Waals surface area contributed by atoms with Crippen LogP contribution in [0.1, 0.15) is 40.5 Å². The second-order valence-corrected chi connectivity index (χ2v) is 5.45. The Balaban J connectivity index is 4.12. The molecule has 0 spiro atoms. The van der Waals surface area contributed by atoms with Gasteiger partial charge >= 0.3 is 6.09 Å². The zero-order valence-electron chi connectivity index (χ0n) is 11.9. The van der Waals surface area contributed by atoms with Gasteiger partial charge in [0, 0.05) is 13.7 Å². The van der Waals surface area contributed by atoms with Crippen LogP contribution in [0.3, 0.4) is 0 Å². The van der Waals surface area contributed by atoms with E-state index in [1.807, 2.05) is 6.92 Å². The Morgan fingerprint density at radius 2 is 2.06 bits per heavy atom. The van der Waals surface area contributed by atoms with E-state index in [4.69, 9.17) is 14.7 Å². The summed E-state index contributed by atoms with van der Waals surface area (Å²) in [4.78, 5) is 11.5. The lowest BCUT2D eigenvalue weighted by Crippen LogP contribution is -2.39. The average Bonchev–Trinajstić information content (AvgIpc) is 2.22. The van der Waals surface area contributed by atoms with Crippen molar-refractivity contribution < 1.29 is 14.3 Å². The van der Waals surface area contributed by atoms with Crippen molar-refractivity contribution in [2.24, 2.45) is 5.92 Å². The summed E-state index contributed by atoms with van der Waals surface area (Å²) in [5, 5.41) is 11.6. The number of nitrogens with one attached hydrogen (secondary N) is 1. The predicted molar refractivity (Wildman–Crippen MR) is 69.0 cm³/mol. The van der Waals surface area contributed by atoms with Gasteiger partial charge < -0.3 is 14.8 Å². The van der Waals surface area contributed by atoms with Gasteiger partial charge in [-0.15, -0.1) is 0 Å². The quantitative estimate of drug-likeness (QED) is 0.792. The lowest BCUT2D eigenvalue weighted by Gasteiger charge is -2.22. The molecule has 0 saturated carbocycles. The van der Waals surface area contributed by atoms with E-state index in [0.717, 1.165) is 6.42 Å². The number of ether oxygens (including phenoxy) is 2. The number of carbonyl (C=O) groups is 1. The van der Waals surface area contributed by atoms with Gasteiger partial charge in [-0.1, -0.05) is 6.92 Å². The molecule has 1 amide bonds. The summed E-state index contributed by atoms with van der Waals surface area (Å²) < 4.78 is 10.1. The lowest BCUT2D eigenvalue weighted by molar-refractivity contribution is 0.0510. The van der Waals surface area contributed by atoms with Crippen molar-refractivity contribution in [2.45, 2.75) is 52.2 Å². The maximum absolute atomic E-state index is 11.5. The molecule has 0 bridgehead atoms. The number of hydrogen-bond acceptors (Lipinski definition) is 4. The van der Waals surface area contributed by atoms with Crippen LogP contribution in [0.5, 0.6) is 0 Å². The molecule has 18 heavy (non-hydrogen) atoms. The Hall–Kier alpha value is -1.28. The monoisotopic (exact) mass is 256 g/mol. The van der Waals surface area contributed by atoms with Gasteiger partial charge in [0.1, 0.15) is 11.6 Å². The summed E-state index contributed by atoms with van der Waals surface area (Å²) >= 11 is 0. The van der Waals surface area contributed by atoms with Crippen LogP contribution in [0.4, 0.5) is 4.79 Å². The summed E-state index contributed by atoms with van der Waals surface area (Å²) in [6, 6.07) is 1.55. The largest absolute Gasteiger partial charge is 0.444 e. The molecule has 0 aromatic rings. The van der Waals surface area contributed by atoms with Gasteiger partial charge in [0.2, 0.25) is 0 Å². The van der Waals surface area contributed by atoms with Gasteiger partial charge in [-0.25, -0.2) is 4.79 Å². The summed E-state index contributed by atoms with van der Waals surface area (Å²) in [7, 11) is 1.65. The third kappa shape index (κ3) is 8.82. The Bertz CT molecular complexity index is 292. The molecule has 0 aliphatic rings. The van der Waals surface area contributed by atoms with Crippen LogP contribution in [0.25, 0.3) is 0 Å². The normalized spacial score (nSPS) is 14.4. The van der Waals surface area contributed by atoms with E-state index in [1.165, 1.54) is 0 Å². The second-order valence-electron chi connectivity index (χ2n) is 5.45. The Morgan fingerprint density at radius 3 is 2.50 bits per heavy atom. The van der Waals surface area contributed by atoms with Gasteiger partial charge in [-0.05, 0) is 39.5 Å². The van der Waals surface area contributed by atoms with E-state index in [2.05, 4.69) is 11.4 Å². The SMILES string of the molecule is COCCC(C)CC(C#N)NC(=O)OC(C)(C)C. The van der Waals surface area contributed by atoms with E-state index >= 15 is 0 Å². The zero-order valence-corrected chi connectivity index (χ0v) is 11.9. The number of hydrogen-bond donors (Lipinski definition) is 1. The number of rotatable bonds is 6. The number of alkyl carbamates (subject to hydrolysis) is 1. The van der Waals surface area contributed by atoms with Crippen molar-refractivity contribution in [3.8, 4) is 6.07 Å². The molecule has 0 aromatic carbocycles. The first-order valence-electron chi connectivity index (χ1n) is 6.16. The molecule has 0 aliphatic heterocycles. The molecule has 5 heteroatoms. The highest BCUT2D eigenvalue weighted by molar-refractivity contribution is 5.68. The molecule has 1 N–H and O–H groups in total. The third-order valence-electron chi connectivity index (χ3n) is 2.30. The van der Waals surface area contributed by atoms with E-state index in [9.17, 15) is 4.79 Å². The van der Waals surface area contributed by atoms with Crippen molar-refractivity contribution in [3.63, 3.8) is 0 Å². The molecule has 0 aromatic heterocycles. The zero-order chi connectivity index (χ0) is 14.2. The van der Waals surface area contributed by atoms with E-state index < -0.39 is 17.7 Å². The maximum Gasteiger partial charge on any atom is 0.408 e. The molecule has 2 unspecified atom stereocenters. The molecular formula is C13H24N2O3. The summed E-state index contributed by atoms with van der Waals surface area (Å²) in [6.45, 7) is 8.05. The van der Waals surface area contributed by atoms with Gasteiger partial charge in [0.15, 0.2) is 0 Å². The molecule has 0 saturated heterocycles. The fourth-order valence-electron chi connectivity index (χ4n) is 1.43. The predicted octanol–water partition coefficient (Wildman–Crippen LogP) is 2.47. The van der Waals surface area contributed by atoms with Crippen molar-refractivity contribution in [2.75, 3.05) is 13.7 Å². The van der Waals surface area contributed by atoms with E-state index in [1.54, 1.807) is 27.9 Å². The highest BCUT2D eigenvalue weighted by atomic mass is 16.6. The molecule has 0 rings (SSSR count). The van der Waals surface area contributed by atoms with E-state index in [-0.39, 0.29) is 0 Å². The topological polar surface area (TPSA) is 71.3 Å². The first-order valence-corrected chi connectivity index (χ1v) is 6.16. The van der Waals surface area contributed by atoms with E-state index in [0.29, 0.717) is 18.9 Å².